The molecule has 14 nitrogen and oxygen atoms in total. The zero-order valence-electron chi connectivity index (χ0n) is 32.8. The summed E-state index contributed by atoms with van der Waals surface area (Å²) in [7, 11) is -2.60. The number of aromatic nitrogens is 1. The summed E-state index contributed by atoms with van der Waals surface area (Å²) < 4.78 is 59.9. The molecule has 2 aromatic rings. The highest BCUT2D eigenvalue weighted by Gasteiger charge is 2.63. The van der Waals surface area contributed by atoms with Crippen molar-refractivity contribution in [2.45, 2.75) is 120 Å². The lowest BCUT2D eigenvalue weighted by Gasteiger charge is -2.33. The first kappa shape index (κ1) is 39.4. The molecule has 8 rings (SSSR count). The number of alkyl carbamates (subject to hydrolysis) is 1. The number of ether oxygens (including phenoxy) is 3. The fraction of sp³-hybridized carbons (Fsp3) is 0.634. The Morgan fingerprint density at radius 1 is 1.04 bits per heavy atom. The summed E-state index contributed by atoms with van der Waals surface area (Å²) in [5.74, 6) is -1.76. The highest BCUT2D eigenvalue weighted by atomic mass is 32.2. The number of nitrogens with one attached hydrogen (secondary N) is 3. The maximum Gasteiger partial charge on any atom is 0.408 e. The van der Waals surface area contributed by atoms with Crippen LogP contribution in [-0.4, -0.2) is 90.3 Å². The number of sulfonamides is 1. The molecule has 0 bridgehead atoms. The van der Waals surface area contributed by atoms with Crippen LogP contribution in [0.15, 0.2) is 36.5 Å². The van der Waals surface area contributed by atoms with Crippen LogP contribution in [0.25, 0.3) is 10.8 Å². The molecule has 308 valence electrons. The van der Waals surface area contributed by atoms with Crippen molar-refractivity contribution in [1.29, 1.82) is 0 Å². The van der Waals surface area contributed by atoms with Crippen LogP contribution in [0.2, 0.25) is 0 Å². The van der Waals surface area contributed by atoms with Crippen molar-refractivity contribution >= 4 is 44.6 Å². The quantitative estimate of drug-likeness (QED) is 0.321. The zero-order chi connectivity index (χ0) is 40.4. The summed E-state index contributed by atoms with van der Waals surface area (Å²) in [5.41, 5.74) is -1.56. The Morgan fingerprint density at radius 2 is 1.79 bits per heavy atom. The maximum atomic E-state index is 14.9. The van der Waals surface area contributed by atoms with Crippen LogP contribution >= 0.6 is 0 Å². The molecule has 16 heteroatoms. The van der Waals surface area contributed by atoms with Gasteiger partial charge in [-0.05, 0) is 101 Å². The number of halogens is 1. The van der Waals surface area contributed by atoms with Gasteiger partial charge in [-0.15, -0.1) is 0 Å². The normalized spacial score (nSPS) is 35.0. The van der Waals surface area contributed by atoms with E-state index in [2.05, 4.69) is 27.3 Å². The second-order valence-corrected chi connectivity index (χ2v) is 19.9. The topological polar surface area (TPSA) is 182 Å². The molecule has 0 spiro atoms. The van der Waals surface area contributed by atoms with Crippen molar-refractivity contribution in [2.24, 2.45) is 29.6 Å². The third-order valence-electron chi connectivity index (χ3n) is 13.3. The molecule has 4 saturated carbocycles. The number of fused-ring (bicyclic) bond motifs is 4. The summed E-state index contributed by atoms with van der Waals surface area (Å²) >= 11 is 0. The van der Waals surface area contributed by atoms with Gasteiger partial charge in [-0.25, -0.2) is 22.6 Å². The summed E-state index contributed by atoms with van der Waals surface area (Å²) in [5, 5.41) is 6.63. The van der Waals surface area contributed by atoms with Crippen LogP contribution in [0.5, 0.6) is 11.6 Å². The molecule has 6 aliphatic rings. The van der Waals surface area contributed by atoms with E-state index in [1.165, 1.54) is 30.3 Å². The molecule has 10 atom stereocenters. The van der Waals surface area contributed by atoms with Crippen molar-refractivity contribution < 1.29 is 46.2 Å². The standard InChI is InChI=1S/C41H52FN5O9S/c1-22-7-5-6-8-26-20-41(26,38(50)46-57(52,53)40(3)10-11-40)45-35(48)32-19-29(55-36-31-17-27(42)18-33(54-4)30(31)9-12-43-36)21-47(32)37(49)34(23(2)13-22)44-39(51)56-28-15-24-14-25(24)16-28/h6,8-9,12,17-18,22-26,28-29,32,34H,5,7,10-11,13-16,19-21H2,1-4H3,(H,44,51)(H,45,48)(H,46,50)/b8-6-/t22-,23+,24-,25+,26?,28?,29+,32-,34-,41+/m0/s1. The zero-order valence-corrected chi connectivity index (χ0v) is 33.6. The van der Waals surface area contributed by atoms with Gasteiger partial charge in [0.25, 0.3) is 5.91 Å². The molecule has 1 aromatic carbocycles. The number of allylic oxidation sites excluding steroid dienone is 1. The number of hydrogen-bond acceptors (Lipinski definition) is 10. The van der Waals surface area contributed by atoms with Crippen LogP contribution in [0, 0.1) is 35.4 Å². The van der Waals surface area contributed by atoms with Gasteiger partial charge in [0.05, 0.1) is 23.8 Å². The molecule has 1 aromatic heterocycles. The third-order valence-corrected chi connectivity index (χ3v) is 15.4. The minimum Gasteiger partial charge on any atom is -0.496 e. The summed E-state index contributed by atoms with van der Waals surface area (Å²) in [6.07, 6.45) is 9.33. The molecular formula is C41H52FN5O9S. The summed E-state index contributed by atoms with van der Waals surface area (Å²) in [6.45, 7) is 5.45. The lowest BCUT2D eigenvalue weighted by atomic mass is 9.88. The largest absolute Gasteiger partial charge is 0.496 e. The minimum atomic E-state index is -4.02. The third kappa shape index (κ3) is 7.77. The Morgan fingerprint density at radius 3 is 2.51 bits per heavy atom. The van der Waals surface area contributed by atoms with Crippen LogP contribution in [0.1, 0.15) is 85.0 Å². The van der Waals surface area contributed by atoms with Crippen LogP contribution in [-0.2, 0) is 29.1 Å². The molecule has 0 radical (unpaired) electrons. The number of nitrogens with zero attached hydrogens (tertiary/aromatic N) is 2. The maximum absolute atomic E-state index is 14.9. The Hall–Kier alpha value is -4.47. The Labute approximate surface area is 332 Å². The van der Waals surface area contributed by atoms with E-state index < -0.39 is 74.0 Å². The first-order chi connectivity index (χ1) is 27.1. The lowest BCUT2D eigenvalue weighted by Crippen LogP contribution is -2.59. The van der Waals surface area contributed by atoms with E-state index in [1.54, 1.807) is 13.0 Å². The van der Waals surface area contributed by atoms with Gasteiger partial charge in [0.2, 0.25) is 27.7 Å². The van der Waals surface area contributed by atoms with E-state index in [0.717, 1.165) is 25.7 Å². The Bertz CT molecular complexity index is 2100. The highest BCUT2D eigenvalue weighted by Crippen LogP contribution is 2.52. The van der Waals surface area contributed by atoms with Gasteiger partial charge < -0.3 is 29.7 Å². The van der Waals surface area contributed by atoms with Gasteiger partial charge >= 0.3 is 6.09 Å². The minimum absolute atomic E-state index is 0.0382. The average molecular weight is 810 g/mol. The predicted octanol–water partition coefficient (Wildman–Crippen LogP) is 4.51. The molecule has 3 heterocycles. The fourth-order valence-corrected chi connectivity index (χ4v) is 10.6. The van der Waals surface area contributed by atoms with E-state index in [0.29, 0.717) is 48.3 Å². The first-order valence-corrected chi connectivity index (χ1v) is 21.7. The predicted molar refractivity (Wildman–Crippen MR) is 206 cm³/mol. The Balaban J connectivity index is 1.11. The second-order valence-electron chi connectivity index (χ2n) is 17.7. The summed E-state index contributed by atoms with van der Waals surface area (Å²) in [6, 6.07) is 1.94. The molecule has 4 aliphatic carbocycles. The molecular weight excluding hydrogens is 758 g/mol. The van der Waals surface area contributed by atoms with Crippen molar-refractivity contribution in [2.75, 3.05) is 13.7 Å². The van der Waals surface area contributed by atoms with Gasteiger partial charge in [-0.1, -0.05) is 26.0 Å². The van der Waals surface area contributed by atoms with Crippen molar-refractivity contribution in [3.8, 4) is 11.6 Å². The smallest absolute Gasteiger partial charge is 0.408 e. The number of rotatable bonds is 8. The van der Waals surface area contributed by atoms with Crippen LogP contribution in [0.3, 0.4) is 0 Å². The number of hydrogen-bond donors (Lipinski definition) is 3. The second kappa shape index (κ2) is 14.7. The Kier molecular flexibility index (Phi) is 10.2. The van der Waals surface area contributed by atoms with Gasteiger partial charge in [0.15, 0.2) is 0 Å². The van der Waals surface area contributed by atoms with Gasteiger partial charge in [-0.2, -0.15) is 0 Å². The monoisotopic (exact) mass is 809 g/mol. The summed E-state index contributed by atoms with van der Waals surface area (Å²) in [4.78, 5) is 62.5. The van der Waals surface area contributed by atoms with Crippen molar-refractivity contribution in [3.63, 3.8) is 0 Å². The fourth-order valence-electron chi connectivity index (χ4n) is 9.28. The number of carbonyl (C=O) groups is 4. The van der Waals surface area contributed by atoms with Crippen molar-refractivity contribution in [3.05, 3.63) is 42.4 Å². The number of amides is 4. The molecule has 2 aliphatic heterocycles. The van der Waals surface area contributed by atoms with Gasteiger partial charge in [0, 0.05) is 30.0 Å². The number of methoxy groups -OCH3 is 1. The van der Waals surface area contributed by atoms with E-state index in [-0.39, 0.29) is 49.0 Å². The van der Waals surface area contributed by atoms with E-state index in [1.807, 2.05) is 19.1 Å². The first-order valence-electron chi connectivity index (χ1n) is 20.2. The van der Waals surface area contributed by atoms with Crippen LogP contribution < -0.4 is 24.8 Å². The highest BCUT2D eigenvalue weighted by molar-refractivity contribution is 7.91. The molecule has 5 fully saturated rings. The SMILES string of the molecule is COc1cc(F)cc2c(O[C@@H]3C[C@H]4C(=O)N[C@]5(C(=O)NS(=O)(=O)C6(C)CC6)CC5/C=C\CC[C@H](C)C[C@@H](C)[C@H](NC(=O)OC5C[C@@H]6C[C@@H]6C5)C(=O)N4C3)nccc12. The van der Waals surface area contributed by atoms with Crippen molar-refractivity contribution in [1.82, 2.24) is 25.2 Å². The molecule has 2 unspecified atom stereocenters. The molecule has 4 amide bonds. The lowest BCUT2D eigenvalue weighted by molar-refractivity contribution is -0.142. The number of benzene rings is 1. The van der Waals surface area contributed by atoms with Gasteiger partial charge in [-0.3, -0.25) is 19.1 Å². The molecule has 3 N–H and O–H groups in total. The van der Waals surface area contributed by atoms with Gasteiger partial charge in [0.1, 0.15) is 41.4 Å². The molecule has 57 heavy (non-hydrogen) atoms. The number of carbonyl (C=O) groups excluding carboxylic acids is 4. The van der Waals surface area contributed by atoms with Crippen LogP contribution in [0.4, 0.5) is 9.18 Å². The van der Waals surface area contributed by atoms with E-state index in [4.69, 9.17) is 14.2 Å². The average Bonchev–Trinajstić information content (AvgIpc) is 4.12. The molecule has 1 saturated heterocycles. The number of pyridine rings is 1. The van der Waals surface area contributed by atoms with E-state index in [9.17, 15) is 32.0 Å². The van der Waals surface area contributed by atoms with E-state index >= 15 is 0 Å².